The van der Waals surface area contributed by atoms with Gasteiger partial charge >= 0.3 is 0 Å². The molecule has 6 heteroatoms. The molecule has 1 aromatic rings. The summed E-state index contributed by atoms with van der Waals surface area (Å²) >= 11 is 1.56. The number of nitrogens with one attached hydrogen (secondary N) is 1. The molecule has 1 amide bonds. The normalized spacial score (nSPS) is 21.5. The van der Waals surface area contributed by atoms with Gasteiger partial charge in [-0.1, -0.05) is 43.4 Å². The Hall–Kier alpha value is -1.01. The van der Waals surface area contributed by atoms with Gasteiger partial charge in [0.25, 0.3) is 0 Å². The molecule has 122 valence electrons. The van der Waals surface area contributed by atoms with E-state index in [1.54, 1.807) is 11.3 Å². The van der Waals surface area contributed by atoms with Gasteiger partial charge in [-0.25, -0.2) is 0 Å². The zero-order valence-corrected chi connectivity index (χ0v) is 14.0. The second-order valence-corrected chi connectivity index (χ2v) is 7.53. The van der Waals surface area contributed by atoms with Crippen LogP contribution in [0.1, 0.15) is 68.7 Å². The molecular weight excluding hydrogens is 296 g/mol. The Labute approximate surface area is 136 Å². The van der Waals surface area contributed by atoms with Gasteiger partial charge in [-0.15, -0.1) is 10.2 Å². The van der Waals surface area contributed by atoms with Crippen LogP contribution in [0.15, 0.2) is 0 Å². The third-order valence-corrected chi connectivity index (χ3v) is 5.71. The summed E-state index contributed by atoms with van der Waals surface area (Å²) < 4.78 is 0. The number of aromatic nitrogens is 2. The lowest BCUT2D eigenvalue weighted by Crippen LogP contribution is -2.33. The van der Waals surface area contributed by atoms with Crippen LogP contribution >= 0.6 is 11.3 Å². The maximum absolute atomic E-state index is 12.2. The molecule has 0 spiro atoms. The summed E-state index contributed by atoms with van der Waals surface area (Å²) in [7, 11) is 0. The fraction of sp³-hybridized carbons (Fsp3) is 0.812. The largest absolute Gasteiger partial charge is 0.299 e. The second kappa shape index (κ2) is 8.02. The minimum absolute atomic E-state index is 0.0493. The lowest BCUT2D eigenvalue weighted by molar-refractivity contribution is -0.117. The van der Waals surface area contributed by atoms with E-state index < -0.39 is 0 Å². The van der Waals surface area contributed by atoms with Crippen molar-refractivity contribution in [3.8, 4) is 0 Å². The van der Waals surface area contributed by atoms with Crippen molar-refractivity contribution in [3.05, 3.63) is 5.01 Å². The molecule has 1 N–H and O–H groups in total. The van der Waals surface area contributed by atoms with E-state index in [1.807, 2.05) is 0 Å². The molecule has 2 aliphatic rings. The first kappa shape index (κ1) is 15.9. The number of amides is 1. The van der Waals surface area contributed by atoms with Crippen molar-refractivity contribution in [2.45, 2.75) is 63.7 Å². The molecule has 1 aliphatic carbocycles. The Morgan fingerprint density at radius 2 is 1.73 bits per heavy atom. The first-order chi connectivity index (χ1) is 10.8. The maximum atomic E-state index is 12.2. The van der Waals surface area contributed by atoms with Gasteiger partial charge in [-0.2, -0.15) is 0 Å². The first-order valence-electron chi connectivity index (χ1n) is 8.67. The maximum Gasteiger partial charge on any atom is 0.240 e. The van der Waals surface area contributed by atoms with Gasteiger partial charge < -0.3 is 0 Å². The number of carbonyl (C=O) groups excluding carboxylic acids is 1. The zero-order chi connectivity index (χ0) is 15.2. The van der Waals surface area contributed by atoms with Crippen LogP contribution < -0.4 is 5.32 Å². The van der Waals surface area contributed by atoms with Gasteiger partial charge in [-0.05, 0) is 38.8 Å². The molecule has 0 unspecified atom stereocenters. The molecular formula is C16H26N4OS. The Morgan fingerprint density at radius 3 is 2.45 bits per heavy atom. The smallest absolute Gasteiger partial charge is 0.240 e. The third-order valence-electron chi connectivity index (χ3n) is 4.71. The average Bonchev–Trinajstić information content (AvgIpc) is 2.84. The molecule has 0 aromatic carbocycles. The van der Waals surface area contributed by atoms with Gasteiger partial charge in [0.05, 0.1) is 6.54 Å². The van der Waals surface area contributed by atoms with Crippen LogP contribution in [0.25, 0.3) is 0 Å². The molecule has 0 radical (unpaired) electrons. The summed E-state index contributed by atoms with van der Waals surface area (Å²) in [5, 5.41) is 13.2. The summed E-state index contributed by atoms with van der Waals surface area (Å²) in [6.45, 7) is 2.56. The average molecular weight is 322 g/mol. The number of likely N-dealkylation sites (tertiary alicyclic amines) is 1. The van der Waals surface area contributed by atoms with Crippen molar-refractivity contribution in [1.29, 1.82) is 0 Å². The van der Waals surface area contributed by atoms with E-state index >= 15 is 0 Å². The zero-order valence-electron chi connectivity index (χ0n) is 13.2. The molecule has 0 bridgehead atoms. The second-order valence-electron chi connectivity index (χ2n) is 6.52. The monoisotopic (exact) mass is 322 g/mol. The van der Waals surface area contributed by atoms with Crippen molar-refractivity contribution in [3.63, 3.8) is 0 Å². The van der Waals surface area contributed by atoms with Crippen molar-refractivity contribution < 1.29 is 4.79 Å². The van der Waals surface area contributed by atoms with Crippen molar-refractivity contribution >= 4 is 22.4 Å². The fourth-order valence-corrected chi connectivity index (χ4v) is 4.38. The molecule has 2 heterocycles. The lowest BCUT2D eigenvalue weighted by atomic mass is 9.90. The summed E-state index contributed by atoms with van der Waals surface area (Å²) in [6, 6.07) is 0. The first-order valence-corrected chi connectivity index (χ1v) is 9.48. The lowest BCUT2D eigenvalue weighted by Gasteiger charge is -2.18. The van der Waals surface area contributed by atoms with E-state index in [1.165, 1.54) is 57.8 Å². The van der Waals surface area contributed by atoms with E-state index in [0.717, 1.165) is 18.1 Å². The fourth-order valence-electron chi connectivity index (χ4n) is 3.46. The highest BCUT2D eigenvalue weighted by Crippen LogP contribution is 2.35. The minimum Gasteiger partial charge on any atom is -0.299 e. The predicted octanol–water partition coefficient (Wildman–Crippen LogP) is 3.40. The Balaban J connectivity index is 1.49. The van der Waals surface area contributed by atoms with Crippen LogP contribution in [0, 0.1) is 0 Å². The summed E-state index contributed by atoms with van der Waals surface area (Å²) in [5.74, 6) is 0.607. The number of anilines is 1. The van der Waals surface area contributed by atoms with Gasteiger partial charge in [0.15, 0.2) is 0 Å². The third kappa shape index (κ3) is 4.49. The van der Waals surface area contributed by atoms with Gasteiger partial charge in [-0.3, -0.25) is 15.0 Å². The van der Waals surface area contributed by atoms with E-state index in [-0.39, 0.29) is 5.91 Å². The highest BCUT2D eigenvalue weighted by atomic mass is 32.1. The number of nitrogens with zero attached hydrogens (tertiary/aromatic N) is 3. The van der Waals surface area contributed by atoms with Crippen molar-refractivity contribution in [2.24, 2.45) is 0 Å². The Kier molecular flexibility index (Phi) is 5.78. The van der Waals surface area contributed by atoms with Crippen LogP contribution in [-0.2, 0) is 4.79 Å². The number of hydrogen-bond donors (Lipinski definition) is 1. The number of hydrogen-bond acceptors (Lipinski definition) is 5. The van der Waals surface area contributed by atoms with E-state index in [0.29, 0.717) is 17.6 Å². The van der Waals surface area contributed by atoms with E-state index in [2.05, 4.69) is 20.4 Å². The molecule has 5 nitrogen and oxygen atoms in total. The molecule has 1 saturated carbocycles. The topological polar surface area (TPSA) is 58.1 Å². The summed E-state index contributed by atoms with van der Waals surface area (Å²) in [4.78, 5) is 14.4. The molecule has 1 aromatic heterocycles. The van der Waals surface area contributed by atoms with Crippen molar-refractivity contribution in [2.75, 3.05) is 25.0 Å². The summed E-state index contributed by atoms with van der Waals surface area (Å²) in [5.41, 5.74) is 0. The van der Waals surface area contributed by atoms with Gasteiger partial charge in [0.1, 0.15) is 5.01 Å². The highest BCUT2D eigenvalue weighted by Gasteiger charge is 2.20. The number of carbonyl (C=O) groups is 1. The SMILES string of the molecule is O=C(CN1CCCCCC1)Nc1nnc(C2CCCCC2)s1. The van der Waals surface area contributed by atoms with Crippen molar-refractivity contribution in [1.82, 2.24) is 15.1 Å². The Bertz CT molecular complexity index is 476. The molecule has 2 fully saturated rings. The molecule has 1 saturated heterocycles. The van der Waals surface area contributed by atoms with Crippen LogP contribution in [0.5, 0.6) is 0 Å². The molecule has 0 atom stereocenters. The molecule has 3 rings (SSSR count). The molecule has 1 aliphatic heterocycles. The van der Waals surface area contributed by atoms with Crippen LogP contribution in [0.3, 0.4) is 0 Å². The quantitative estimate of drug-likeness (QED) is 0.923. The Morgan fingerprint density at radius 1 is 1.05 bits per heavy atom. The standard InChI is InChI=1S/C16H26N4OS/c21-14(12-20-10-6-1-2-7-11-20)17-16-19-18-15(22-16)13-8-4-3-5-9-13/h13H,1-12H2,(H,17,19,21). The van der Waals surface area contributed by atoms with Crippen LogP contribution in [-0.4, -0.2) is 40.6 Å². The van der Waals surface area contributed by atoms with Crippen LogP contribution in [0.4, 0.5) is 5.13 Å². The molecule has 22 heavy (non-hydrogen) atoms. The number of rotatable bonds is 4. The predicted molar refractivity (Wildman–Crippen MR) is 89.3 cm³/mol. The van der Waals surface area contributed by atoms with E-state index in [9.17, 15) is 4.79 Å². The summed E-state index contributed by atoms with van der Waals surface area (Å²) in [6.07, 6.45) is 11.4. The highest BCUT2D eigenvalue weighted by molar-refractivity contribution is 7.15. The van der Waals surface area contributed by atoms with E-state index in [4.69, 9.17) is 0 Å². The van der Waals surface area contributed by atoms with Gasteiger partial charge in [0, 0.05) is 5.92 Å². The van der Waals surface area contributed by atoms with Gasteiger partial charge in [0.2, 0.25) is 11.0 Å². The van der Waals surface area contributed by atoms with Crippen LogP contribution in [0.2, 0.25) is 0 Å². The minimum atomic E-state index is 0.0493.